The van der Waals surface area contributed by atoms with E-state index in [9.17, 15) is 14.4 Å². The summed E-state index contributed by atoms with van der Waals surface area (Å²) in [5, 5.41) is 2.95. The lowest BCUT2D eigenvalue weighted by Crippen LogP contribution is -2.32. The number of carbonyl (C=O) groups is 3. The number of benzene rings is 1. The smallest absolute Gasteiger partial charge is 0.248 e. The van der Waals surface area contributed by atoms with Crippen molar-refractivity contribution in [2.45, 2.75) is 32.2 Å². The number of anilines is 2. The zero-order valence-corrected chi connectivity index (χ0v) is 16.8. The molecule has 8 nitrogen and oxygen atoms in total. The van der Waals surface area contributed by atoms with Crippen LogP contribution >= 0.6 is 0 Å². The monoisotopic (exact) mass is 410 g/mol. The summed E-state index contributed by atoms with van der Waals surface area (Å²) in [6.07, 6.45) is 5.08. The van der Waals surface area contributed by atoms with Crippen LogP contribution in [-0.2, 0) is 16.1 Å². The van der Waals surface area contributed by atoms with Gasteiger partial charge in [0.1, 0.15) is 5.76 Å². The lowest BCUT2D eigenvalue weighted by Gasteiger charge is -2.31. The number of piperidine rings is 1. The second-order valence-electron chi connectivity index (χ2n) is 7.89. The van der Waals surface area contributed by atoms with E-state index in [0.29, 0.717) is 30.1 Å². The van der Waals surface area contributed by atoms with E-state index in [-0.39, 0.29) is 18.2 Å². The molecular formula is C22H26N4O4. The van der Waals surface area contributed by atoms with Crippen LogP contribution in [0.3, 0.4) is 0 Å². The SMILES string of the molecule is NC(=O)c1ccc(N2CCCCC2)c(NC(=O)[C@@H]2CC(=O)N(Cc3ccco3)C2)c1. The van der Waals surface area contributed by atoms with Crippen molar-refractivity contribution in [3.05, 3.63) is 47.9 Å². The van der Waals surface area contributed by atoms with Crippen molar-refractivity contribution in [1.82, 2.24) is 4.90 Å². The summed E-state index contributed by atoms with van der Waals surface area (Å²) < 4.78 is 5.31. The van der Waals surface area contributed by atoms with Gasteiger partial charge < -0.3 is 25.3 Å². The number of nitrogens with two attached hydrogens (primary N) is 1. The molecule has 0 radical (unpaired) electrons. The number of hydrogen-bond donors (Lipinski definition) is 2. The van der Waals surface area contributed by atoms with E-state index >= 15 is 0 Å². The van der Waals surface area contributed by atoms with Gasteiger partial charge >= 0.3 is 0 Å². The first-order valence-electron chi connectivity index (χ1n) is 10.3. The fraction of sp³-hybridized carbons (Fsp3) is 0.409. The fourth-order valence-electron chi connectivity index (χ4n) is 4.13. The predicted molar refractivity (Wildman–Crippen MR) is 112 cm³/mol. The van der Waals surface area contributed by atoms with Gasteiger partial charge in [0, 0.05) is 31.6 Å². The quantitative estimate of drug-likeness (QED) is 0.760. The molecule has 0 spiro atoms. The van der Waals surface area contributed by atoms with E-state index < -0.39 is 11.8 Å². The average Bonchev–Trinajstić information content (AvgIpc) is 3.39. The molecule has 2 aliphatic rings. The molecule has 2 saturated heterocycles. The Kier molecular flexibility index (Phi) is 5.74. The average molecular weight is 410 g/mol. The molecule has 158 valence electrons. The van der Waals surface area contributed by atoms with E-state index in [1.54, 1.807) is 35.4 Å². The van der Waals surface area contributed by atoms with Crippen molar-refractivity contribution in [3.63, 3.8) is 0 Å². The Balaban J connectivity index is 1.49. The van der Waals surface area contributed by atoms with Crippen molar-refractivity contribution in [2.75, 3.05) is 29.9 Å². The molecule has 0 unspecified atom stereocenters. The van der Waals surface area contributed by atoms with Crippen molar-refractivity contribution in [1.29, 1.82) is 0 Å². The van der Waals surface area contributed by atoms with Crippen LogP contribution in [-0.4, -0.2) is 42.3 Å². The Labute approximate surface area is 175 Å². The molecule has 0 bridgehead atoms. The molecule has 2 fully saturated rings. The molecule has 3 N–H and O–H groups in total. The number of primary amides is 1. The van der Waals surface area contributed by atoms with Gasteiger partial charge in [0.2, 0.25) is 17.7 Å². The van der Waals surface area contributed by atoms with Crippen molar-refractivity contribution in [3.8, 4) is 0 Å². The van der Waals surface area contributed by atoms with Gasteiger partial charge in [-0.2, -0.15) is 0 Å². The van der Waals surface area contributed by atoms with Gasteiger partial charge in [-0.3, -0.25) is 14.4 Å². The van der Waals surface area contributed by atoms with Gasteiger partial charge in [-0.15, -0.1) is 0 Å². The topological polar surface area (TPSA) is 109 Å². The first-order valence-corrected chi connectivity index (χ1v) is 10.3. The van der Waals surface area contributed by atoms with Gasteiger partial charge in [-0.05, 0) is 49.6 Å². The Morgan fingerprint density at radius 3 is 2.67 bits per heavy atom. The third kappa shape index (κ3) is 4.32. The molecule has 2 aliphatic heterocycles. The third-order valence-electron chi connectivity index (χ3n) is 5.75. The second-order valence-corrected chi connectivity index (χ2v) is 7.89. The highest BCUT2D eigenvalue weighted by Gasteiger charge is 2.35. The van der Waals surface area contributed by atoms with Crippen LogP contribution in [0.2, 0.25) is 0 Å². The van der Waals surface area contributed by atoms with Gasteiger partial charge in [0.15, 0.2) is 0 Å². The summed E-state index contributed by atoms with van der Waals surface area (Å²) in [5.41, 5.74) is 7.22. The standard InChI is InChI=1S/C22H26N4O4/c23-21(28)15-6-7-19(25-8-2-1-3-9-25)18(11-15)24-22(29)16-12-20(27)26(13-16)14-17-5-4-10-30-17/h4-7,10-11,16H,1-3,8-9,12-14H2,(H2,23,28)(H,24,29)/t16-/m1/s1. The van der Waals surface area contributed by atoms with E-state index in [1.165, 1.54) is 6.42 Å². The molecule has 2 aromatic rings. The van der Waals surface area contributed by atoms with Crippen LogP contribution in [0.4, 0.5) is 11.4 Å². The van der Waals surface area contributed by atoms with E-state index in [0.717, 1.165) is 31.6 Å². The maximum Gasteiger partial charge on any atom is 0.248 e. The number of likely N-dealkylation sites (tertiary alicyclic amines) is 1. The van der Waals surface area contributed by atoms with E-state index in [2.05, 4.69) is 10.2 Å². The fourth-order valence-corrected chi connectivity index (χ4v) is 4.13. The number of furan rings is 1. The number of carbonyl (C=O) groups excluding carboxylic acids is 3. The Morgan fingerprint density at radius 2 is 1.97 bits per heavy atom. The van der Waals surface area contributed by atoms with Crippen LogP contribution in [0.5, 0.6) is 0 Å². The molecule has 1 aromatic carbocycles. The lowest BCUT2D eigenvalue weighted by atomic mass is 10.1. The Morgan fingerprint density at radius 1 is 1.17 bits per heavy atom. The van der Waals surface area contributed by atoms with Crippen LogP contribution in [0.25, 0.3) is 0 Å². The molecule has 8 heteroatoms. The van der Waals surface area contributed by atoms with Gasteiger partial charge in [0.05, 0.1) is 30.1 Å². The maximum atomic E-state index is 13.0. The minimum atomic E-state index is -0.545. The summed E-state index contributed by atoms with van der Waals surface area (Å²) >= 11 is 0. The molecule has 0 aliphatic carbocycles. The molecule has 1 atom stereocenters. The van der Waals surface area contributed by atoms with Crippen molar-refractivity contribution in [2.24, 2.45) is 11.7 Å². The first-order chi connectivity index (χ1) is 14.5. The maximum absolute atomic E-state index is 13.0. The van der Waals surface area contributed by atoms with E-state index in [1.807, 2.05) is 6.07 Å². The van der Waals surface area contributed by atoms with E-state index in [4.69, 9.17) is 10.2 Å². The number of rotatable bonds is 6. The second kappa shape index (κ2) is 8.61. The van der Waals surface area contributed by atoms with Gasteiger partial charge in [0.25, 0.3) is 0 Å². The van der Waals surface area contributed by atoms with Crippen LogP contribution in [0.15, 0.2) is 41.0 Å². The zero-order chi connectivity index (χ0) is 21.1. The van der Waals surface area contributed by atoms with Crippen molar-refractivity contribution < 1.29 is 18.8 Å². The van der Waals surface area contributed by atoms with Gasteiger partial charge in [-0.25, -0.2) is 0 Å². The Bertz CT molecular complexity index is 935. The highest BCUT2D eigenvalue weighted by molar-refractivity contribution is 6.01. The minimum absolute atomic E-state index is 0.0753. The number of hydrogen-bond acceptors (Lipinski definition) is 5. The number of nitrogens with one attached hydrogen (secondary N) is 1. The minimum Gasteiger partial charge on any atom is -0.467 e. The summed E-state index contributed by atoms with van der Waals surface area (Å²) in [4.78, 5) is 40.8. The molecular weight excluding hydrogens is 384 g/mol. The molecule has 3 heterocycles. The van der Waals surface area contributed by atoms with Gasteiger partial charge in [-0.1, -0.05) is 0 Å². The number of nitrogens with zero attached hydrogens (tertiary/aromatic N) is 2. The normalized spacial score (nSPS) is 19.2. The highest BCUT2D eigenvalue weighted by atomic mass is 16.3. The molecule has 0 saturated carbocycles. The summed E-state index contributed by atoms with van der Waals surface area (Å²) in [7, 11) is 0. The highest BCUT2D eigenvalue weighted by Crippen LogP contribution is 2.31. The summed E-state index contributed by atoms with van der Waals surface area (Å²) in [6, 6.07) is 8.73. The predicted octanol–water partition coefficient (Wildman–Crippen LogP) is 2.36. The van der Waals surface area contributed by atoms with Crippen LogP contribution in [0, 0.1) is 5.92 Å². The largest absolute Gasteiger partial charge is 0.467 e. The first kappa shape index (κ1) is 20.0. The molecule has 3 amide bonds. The molecule has 30 heavy (non-hydrogen) atoms. The lowest BCUT2D eigenvalue weighted by molar-refractivity contribution is -0.128. The van der Waals surface area contributed by atoms with Crippen molar-refractivity contribution >= 4 is 29.1 Å². The Hall–Kier alpha value is -3.29. The van der Waals surface area contributed by atoms with Crippen LogP contribution in [0.1, 0.15) is 41.8 Å². The molecule has 4 rings (SSSR count). The summed E-state index contributed by atoms with van der Waals surface area (Å²) in [6.45, 7) is 2.49. The van der Waals surface area contributed by atoms with Crippen LogP contribution < -0.4 is 16.0 Å². The summed E-state index contributed by atoms with van der Waals surface area (Å²) in [5.74, 6) is -0.625. The number of amides is 3. The third-order valence-corrected chi connectivity index (χ3v) is 5.75. The zero-order valence-electron chi connectivity index (χ0n) is 16.8. The molecule has 1 aromatic heterocycles.